The summed E-state index contributed by atoms with van der Waals surface area (Å²) in [6.07, 6.45) is 3.31. The number of nitrogens with two attached hydrogens (primary N) is 1. The lowest BCUT2D eigenvalue weighted by Gasteiger charge is -2.11. The van der Waals surface area contributed by atoms with Crippen molar-refractivity contribution in [1.29, 1.82) is 0 Å². The topological polar surface area (TPSA) is 38.9 Å². The average molecular weight is 201 g/mol. The van der Waals surface area contributed by atoms with Crippen LogP contribution in [-0.4, -0.2) is 4.98 Å². The SMILES string of the molecule is N[C@@H](c1cc(F)cnc1Cl)C1CC1. The summed E-state index contributed by atoms with van der Waals surface area (Å²) in [7, 11) is 0. The van der Waals surface area contributed by atoms with Crippen LogP contribution in [-0.2, 0) is 0 Å². The van der Waals surface area contributed by atoms with Gasteiger partial charge in [-0.1, -0.05) is 11.6 Å². The van der Waals surface area contributed by atoms with Crippen LogP contribution < -0.4 is 5.73 Å². The molecule has 70 valence electrons. The third-order valence-electron chi connectivity index (χ3n) is 2.32. The molecule has 0 unspecified atom stereocenters. The minimum atomic E-state index is -0.379. The molecule has 1 heterocycles. The van der Waals surface area contributed by atoms with Gasteiger partial charge in [-0.3, -0.25) is 0 Å². The molecule has 1 aromatic rings. The predicted molar refractivity (Wildman–Crippen MR) is 48.9 cm³/mol. The highest BCUT2D eigenvalue weighted by Crippen LogP contribution is 2.40. The molecule has 0 saturated heterocycles. The van der Waals surface area contributed by atoms with Gasteiger partial charge in [-0.05, 0) is 24.8 Å². The summed E-state index contributed by atoms with van der Waals surface area (Å²) in [6, 6.07) is 1.22. The lowest BCUT2D eigenvalue weighted by atomic mass is 10.1. The maximum absolute atomic E-state index is 12.8. The minimum absolute atomic E-state index is 0.157. The number of hydrogen-bond acceptors (Lipinski definition) is 2. The van der Waals surface area contributed by atoms with Crippen LogP contribution in [0.4, 0.5) is 4.39 Å². The second kappa shape index (κ2) is 3.24. The van der Waals surface area contributed by atoms with Gasteiger partial charge < -0.3 is 5.73 Å². The second-order valence-electron chi connectivity index (χ2n) is 3.40. The Balaban J connectivity index is 2.31. The second-order valence-corrected chi connectivity index (χ2v) is 3.75. The van der Waals surface area contributed by atoms with Crippen molar-refractivity contribution in [2.45, 2.75) is 18.9 Å². The van der Waals surface area contributed by atoms with E-state index in [4.69, 9.17) is 17.3 Å². The van der Waals surface area contributed by atoms with Gasteiger partial charge in [0.1, 0.15) is 11.0 Å². The fourth-order valence-corrected chi connectivity index (χ4v) is 1.61. The summed E-state index contributed by atoms with van der Waals surface area (Å²) in [6.45, 7) is 0. The fraction of sp³-hybridized carbons (Fsp3) is 0.444. The molecule has 1 saturated carbocycles. The Morgan fingerprint density at radius 1 is 1.62 bits per heavy atom. The maximum atomic E-state index is 12.8. The van der Waals surface area contributed by atoms with Crippen LogP contribution in [0.15, 0.2) is 12.3 Å². The van der Waals surface area contributed by atoms with Crippen molar-refractivity contribution in [1.82, 2.24) is 4.98 Å². The van der Waals surface area contributed by atoms with E-state index < -0.39 is 0 Å². The third kappa shape index (κ3) is 1.81. The number of rotatable bonds is 2. The Bertz CT molecular complexity index is 325. The molecule has 0 aliphatic heterocycles. The number of pyridine rings is 1. The summed E-state index contributed by atoms with van der Waals surface area (Å²) >= 11 is 5.81. The molecule has 1 atom stereocenters. The quantitative estimate of drug-likeness (QED) is 0.744. The lowest BCUT2D eigenvalue weighted by molar-refractivity contribution is 0.594. The van der Waals surface area contributed by atoms with Crippen molar-refractivity contribution in [2.24, 2.45) is 11.7 Å². The van der Waals surface area contributed by atoms with E-state index in [1.54, 1.807) is 0 Å². The molecule has 0 amide bonds. The van der Waals surface area contributed by atoms with Crippen molar-refractivity contribution >= 4 is 11.6 Å². The van der Waals surface area contributed by atoms with Crippen LogP contribution in [0.3, 0.4) is 0 Å². The molecule has 1 aliphatic carbocycles. The molecular formula is C9H10ClFN2. The molecule has 1 aromatic heterocycles. The number of nitrogens with zero attached hydrogens (tertiary/aromatic N) is 1. The summed E-state index contributed by atoms with van der Waals surface area (Å²) in [5.41, 5.74) is 6.51. The molecule has 0 bridgehead atoms. The van der Waals surface area contributed by atoms with E-state index in [1.165, 1.54) is 6.07 Å². The largest absolute Gasteiger partial charge is 0.324 e. The molecule has 2 rings (SSSR count). The van der Waals surface area contributed by atoms with Gasteiger partial charge in [0.2, 0.25) is 0 Å². The van der Waals surface area contributed by atoms with Crippen molar-refractivity contribution in [2.75, 3.05) is 0 Å². The van der Waals surface area contributed by atoms with Crippen molar-refractivity contribution in [3.8, 4) is 0 Å². The maximum Gasteiger partial charge on any atom is 0.141 e. The van der Waals surface area contributed by atoms with E-state index in [2.05, 4.69) is 4.98 Å². The smallest absolute Gasteiger partial charge is 0.141 e. The van der Waals surface area contributed by atoms with E-state index in [9.17, 15) is 4.39 Å². The fourth-order valence-electron chi connectivity index (χ4n) is 1.38. The van der Waals surface area contributed by atoms with Gasteiger partial charge >= 0.3 is 0 Å². The zero-order chi connectivity index (χ0) is 9.42. The number of halogens is 2. The van der Waals surface area contributed by atoms with Crippen LogP contribution >= 0.6 is 11.6 Å². The van der Waals surface area contributed by atoms with Crippen LogP contribution in [0, 0.1) is 11.7 Å². The molecule has 13 heavy (non-hydrogen) atoms. The number of aromatic nitrogens is 1. The first-order valence-corrected chi connectivity index (χ1v) is 4.63. The van der Waals surface area contributed by atoms with Gasteiger partial charge in [0, 0.05) is 11.6 Å². The Morgan fingerprint density at radius 2 is 2.31 bits per heavy atom. The summed E-state index contributed by atoms with van der Waals surface area (Å²) in [5, 5.41) is 0.320. The highest BCUT2D eigenvalue weighted by atomic mass is 35.5. The molecule has 0 radical (unpaired) electrons. The van der Waals surface area contributed by atoms with Gasteiger partial charge in [0.05, 0.1) is 6.20 Å². The Labute approximate surface area is 80.9 Å². The molecule has 2 N–H and O–H groups in total. The molecule has 1 aliphatic rings. The van der Waals surface area contributed by atoms with Crippen molar-refractivity contribution in [3.63, 3.8) is 0 Å². The van der Waals surface area contributed by atoms with Gasteiger partial charge in [-0.25, -0.2) is 9.37 Å². The third-order valence-corrected chi connectivity index (χ3v) is 2.64. The van der Waals surface area contributed by atoms with Gasteiger partial charge in [-0.2, -0.15) is 0 Å². The Kier molecular flexibility index (Phi) is 2.22. The van der Waals surface area contributed by atoms with Gasteiger partial charge in [-0.15, -0.1) is 0 Å². The molecule has 1 fully saturated rings. The van der Waals surface area contributed by atoms with Crippen LogP contribution in [0.2, 0.25) is 5.15 Å². The summed E-state index contributed by atoms with van der Waals surface area (Å²) < 4.78 is 12.8. The zero-order valence-corrected chi connectivity index (χ0v) is 7.76. The predicted octanol–water partition coefficient (Wildman–Crippen LogP) is 2.28. The van der Waals surface area contributed by atoms with Crippen LogP contribution in [0.25, 0.3) is 0 Å². The molecule has 2 nitrogen and oxygen atoms in total. The summed E-state index contributed by atoms with van der Waals surface area (Å²) in [5.74, 6) is 0.0802. The molecular weight excluding hydrogens is 191 g/mol. The van der Waals surface area contributed by atoms with E-state index in [1.807, 2.05) is 0 Å². The Morgan fingerprint density at radius 3 is 2.92 bits per heavy atom. The molecule has 0 spiro atoms. The normalized spacial score (nSPS) is 18.7. The highest BCUT2D eigenvalue weighted by Gasteiger charge is 2.31. The first-order chi connectivity index (χ1) is 6.18. The van der Waals surface area contributed by atoms with Gasteiger partial charge in [0.15, 0.2) is 0 Å². The standard InChI is InChI=1S/C9H10ClFN2/c10-9-7(3-6(11)4-13-9)8(12)5-1-2-5/h3-5,8H,1-2,12H2/t8-/m1/s1. The monoisotopic (exact) mass is 200 g/mol. The molecule has 0 aromatic carbocycles. The van der Waals surface area contributed by atoms with E-state index >= 15 is 0 Å². The summed E-state index contributed by atoms with van der Waals surface area (Å²) in [4.78, 5) is 3.72. The van der Waals surface area contributed by atoms with Crippen LogP contribution in [0.1, 0.15) is 24.4 Å². The highest BCUT2D eigenvalue weighted by molar-refractivity contribution is 6.30. The average Bonchev–Trinajstić information content (AvgIpc) is 2.91. The van der Waals surface area contributed by atoms with E-state index in [0.717, 1.165) is 19.0 Å². The lowest BCUT2D eigenvalue weighted by Crippen LogP contribution is -2.13. The minimum Gasteiger partial charge on any atom is -0.324 e. The number of hydrogen-bond donors (Lipinski definition) is 1. The van der Waals surface area contributed by atoms with Crippen molar-refractivity contribution in [3.05, 3.63) is 28.8 Å². The Hall–Kier alpha value is -0.670. The first kappa shape index (κ1) is 8.91. The van der Waals surface area contributed by atoms with E-state index in [-0.39, 0.29) is 11.9 Å². The van der Waals surface area contributed by atoms with Gasteiger partial charge in [0.25, 0.3) is 0 Å². The zero-order valence-electron chi connectivity index (χ0n) is 7.00. The van der Waals surface area contributed by atoms with Crippen LogP contribution in [0.5, 0.6) is 0 Å². The van der Waals surface area contributed by atoms with E-state index in [0.29, 0.717) is 16.6 Å². The molecule has 4 heteroatoms. The first-order valence-electron chi connectivity index (χ1n) is 4.25. The van der Waals surface area contributed by atoms with Crippen molar-refractivity contribution < 1.29 is 4.39 Å².